The number of carbonyl (C=O) groups excluding carboxylic acids is 2. The van der Waals surface area contributed by atoms with Crippen LogP contribution >= 0.6 is 0 Å². The molecule has 0 spiro atoms. The van der Waals surface area contributed by atoms with Gasteiger partial charge in [0.15, 0.2) is 6.61 Å². The van der Waals surface area contributed by atoms with E-state index in [4.69, 9.17) is 9.47 Å². The smallest absolute Gasteiger partial charge is 0.416 e. The van der Waals surface area contributed by atoms with E-state index in [9.17, 15) is 22.8 Å². The molecule has 0 fully saturated rings. The molecular weight excluding hydrogens is 389 g/mol. The summed E-state index contributed by atoms with van der Waals surface area (Å²) < 4.78 is 48.5. The van der Waals surface area contributed by atoms with Gasteiger partial charge in [-0.2, -0.15) is 13.2 Å². The molecule has 0 saturated heterocycles. The van der Waals surface area contributed by atoms with E-state index in [-0.39, 0.29) is 18.8 Å². The zero-order chi connectivity index (χ0) is 21.4. The molecule has 2 N–H and O–H groups in total. The van der Waals surface area contributed by atoms with Crippen LogP contribution in [0.25, 0.3) is 0 Å². The number of benzene rings is 2. The molecule has 9 heteroatoms. The molecule has 0 aliphatic carbocycles. The summed E-state index contributed by atoms with van der Waals surface area (Å²) in [5, 5.41) is 0. The molecule has 2 aromatic carbocycles. The van der Waals surface area contributed by atoms with Crippen molar-refractivity contribution in [2.75, 3.05) is 13.2 Å². The molecule has 6 nitrogen and oxygen atoms in total. The predicted molar refractivity (Wildman–Crippen MR) is 99.3 cm³/mol. The Morgan fingerprint density at radius 3 is 2.38 bits per heavy atom. The van der Waals surface area contributed by atoms with Crippen molar-refractivity contribution in [1.29, 1.82) is 0 Å². The molecule has 0 aromatic heterocycles. The fourth-order valence-corrected chi connectivity index (χ4v) is 2.28. The summed E-state index contributed by atoms with van der Waals surface area (Å²) in [5.74, 6) is -0.631. The highest BCUT2D eigenvalue weighted by Gasteiger charge is 2.30. The topological polar surface area (TPSA) is 76.7 Å². The SMILES string of the molecule is Cc1cccc(OCCC(=O)NNC(=O)COc2cccc(C(F)(F)F)c2)c1C. The maximum absolute atomic E-state index is 12.6. The van der Waals surface area contributed by atoms with E-state index in [2.05, 4.69) is 10.9 Å². The van der Waals surface area contributed by atoms with Crippen LogP contribution in [0.4, 0.5) is 13.2 Å². The Bertz CT molecular complexity index is 869. The molecule has 0 aliphatic heterocycles. The maximum atomic E-state index is 12.6. The third-order valence-electron chi connectivity index (χ3n) is 4.01. The summed E-state index contributed by atoms with van der Waals surface area (Å²) in [6.07, 6.45) is -4.50. The molecule has 156 valence electrons. The Hall–Kier alpha value is -3.23. The van der Waals surface area contributed by atoms with Crippen molar-refractivity contribution >= 4 is 11.8 Å². The Morgan fingerprint density at radius 2 is 1.66 bits per heavy atom. The van der Waals surface area contributed by atoms with Gasteiger partial charge in [-0.25, -0.2) is 0 Å². The molecule has 29 heavy (non-hydrogen) atoms. The molecule has 0 atom stereocenters. The van der Waals surface area contributed by atoms with Gasteiger partial charge in [0.1, 0.15) is 11.5 Å². The number of alkyl halides is 3. The van der Waals surface area contributed by atoms with E-state index in [1.807, 2.05) is 26.0 Å². The first kappa shape index (κ1) is 22.1. The second-order valence-electron chi connectivity index (χ2n) is 6.21. The number of amides is 2. The third-order valence-corrected chi connectivity index (χ3v) is 4.01. The van der Waals surface area contributed by atoms with Crippen LogP contribution in [0.2, 0.25) is 0 Å². The Morgan fingerprint density at radius 1 is 0.966 bits per heavy atom. The van der Waals surface area contributed by atoms with Gasteiger partial charge in [-0.3, -0.25) is 20.4 Å². The lowest BCUT2D eigenvalue weighted by molar-refractivity contribution is -0.137. The second kappa shape index (κ2) is 9.81. The van der Waals surface area contributed by atoms with Gasteiger partial charge in [0, 0.05) is 0 Å². The molecule has 0 bridgehead atoms. The zero-order valence-electron chi connectivity index (χ0n) is 15.9. The number of aryl methyl sites for hydroxylation is 1. The lowest BCUT2D eigenvalue weighted by Gasteiger charge is -2.12. The summed E-state index contributed by atoms with van der Waals surface area (Å²) in [6, 6.07) is 9.75. The molecular formula is C20H21F3N2O4. The number of halogens is 3. The van der Waals surface area contributed by atoms with Crippen molar-refractivity contribution in [3.8, 4) is 11.5 Å². The van der Waals surface area contributed by atoms with Crippen molar-refractivity contribution in [2.45, 2.75) is 26.4 Å². The second-order valence-corrected chi connectivity index (χ2v) is 6.21. The first-order valence-electron chi connectivity index (χ1n) is 8.73. The zero-order valence-corrected chi connectivity index (χ0v) is 15.9. The third kappa shape index (κ3) is 7.02. The molecule has 0 radical (unpaired) electrons. The highest BCUT2D eigenvalue weighted by atomic mass is 19.4. The van der Waals surface area contributed by atoms with Crippen LogP contribution in [0.3, 0.4) is 0 Å². The summed E-state index contributed by atoms with van der Waals surface area (Å²) >= 11 is 0. The van der Waals surface area contributed by atoms with E-state index >= 15 is 0 Å². The van der Waals surface area contributed by atoms with Crippen LogP contribution in [0.5, 0.6) is 11.5 Å². The molecule has 2 rings (SSSR count). The normalized spacial score (nSPS) is 10.9. The predicted octanol–water partition coefficient (Wildman–Crippen LogP) is 3.32. The van der Waals surface area contributed by atoms with Crippen LogP contribution in [-0.2, 0) is 15.8 Å². The Balaban J connectivity index is 1.69. The number of hydrogen-bond donors (Lipinski definition) is 2. The molecule has 2 amide bonds. The van der Waals surface area contributed by atoms with Crippen molar-refractivity contribution in [2.24, 2.45) is 0 Å². The molecule has 0 saturated carbocycles. The van der Waals surface area contributed by atoms with E-state index in [0.29, 0.717) is 5.75 Å². The van der Waals surface area contributed by atoms with Gasteiger partial charge in [0.05, 0.1) is 18.6 Å². The minimum atomic E-state index is -4.51. The first-order valence-corrected chi connectivity index (χ1v) is 8.73. The molecule has 0 aliphatic rings. The highest BCUT2D eigenvalue weighted by Crippen LogP contribution is 2.31. The number of ether oxygens (including phenoxy) is 2. The lowest BCUT2D eigenvalue weighted by atomic mass is 10.1. The standard InChI is InChI=1S/C20H21F3N2O4/c1-13-5-3-8-17(14(13)2)28-10-9-18(26)24-25-19(27)12-29-16-7-4-6-15(11-16)20(21,22)23/h3-8,11H,9-10,12H2,1-2H3,(H,24,26)(H,25,27). The molecule has 2 aromatic rings. The van der Waals surface area contributed by atoms with Crippen molar-refractivity contribution in [1.82, 2.24) is 10.9 Å². The minimum Gasteiger partial charge on any atom is -0.493 e. The van der Waals surface area contributed by atoms with Gasteiger partial charge in [0.25, 0.3) is 5.91 Å². The summed E-state index contributed by atoms with van der Waals surface area (Å²) in [6.45, 7) is 3.43. The number of hydrazine groups is 1. The first-order chi connectivity index (χ1) is 13.7. The van der Waals surface area contributed by atoms with E-state index in [0.717, 1.165) is 23.3 Å². The van der Waals surface area contributed by atoms with Crippen LogP contribution < -0.4 is 20.3 Å². The van der Waals surface area contributed by atoms with Gasteiger partial charge in [0.2, 0.25) is 5.91 Å². The molecule has 0 unspecified atom stereocenters. The van der Waals surface area contributed by atoms with E-state index < -0.39 is 30.2 Å². The van der Waals surface area contributed by atoms with Gasteiger partial charge in [-0.05, 0) is 49.2 Å². The monoisotopic (exact) mass is 410 g/mol. The fourth-order valence-electron chi connectivity index (χ4n) is 2.28. The van der Waals surface area contributed by atoms with Gasteiger partial charge >= 0.3 is 6.18 Å². The number of rotatable bonds is 7. The fraction of sp³-hybridized carbons (Fsp3) is 0.300. The van der Waals surface area contributed by atoms with Gasteiger partial charge < -0.3 is 9.47 Å². The van der Waals surface area contributed by atoms with Crippen molar-refractivity contribution in [3.05, 3.63) is 59.2 Å². The van der Waals surface area contributed by atoms with Crippen LogP contribution in [0, 0.1) is 13.8 Å². The minimum absolute atomic E-state index is 0.00213. The molecule has 0 heterocycles. The summed E-state index contributed by atoms with van der Waals surface area (Å²) in [5.41, 5.74) is 5.48. The quantitative estimate of drug-likeness (QED) is 0.687. The number of carbonyl (C=O) groups is 2. The van der Waals surface area contributed by atoms with Crippen LogP contribution in [0.15, 0.2) is 42.5 Å². The Labute approximate surface area is 166 Å². The Kier molecular flexibility index (Phi) is 7.46. The summed E-state index contributed by atoms with van der Waals surface area (Å²) in [7, 11) is 0. The van der Waals surface area contributed by atoms with E-state index in [1.165, 1.54) is 12.1 Å². The highest BCUT2D eigenvalue weighted by molar-refractivity contribution is 5.82. The van der Waals surface area contributed by atoms with Crippen molar-refractivity contribution < 1.29 is 32.2 Å². The van der Waals surface area contributed by atoms with Crippen LogP contribution in [-0.4, -0.2) is 25.0 Å². The lowest BCUT2D eigenvalue weighted by Crippen LogP contribution is -2.44. The average Bonchev–Trinajstić information content (AvgIpc) is 2.67. The van der Waals surface area contributed by atoms with E-state index in [1.54, 1.807) is 6.07 Å². The van der Waals surface area contributed by atoms with Crippen LogP contribution in [0.1, 0.15) is 23.1 Å². The number of hydrogen-bond acceptors (Lipinski definition) is 4. The average molecular weight is 410 g/mol. The largest absolute Gasteiger partial charge is 0.493 e. The summed E-state index contributed by atoms with van der Waals surface area (Å²) in [4.78, 5) is 23.4. The van der Waals surface area contributed by atoms with Gasteiger partial charge in [-0.15, -0.1) is 0 Å². The maximum Gasteiger partial charge on any atom is 0.416 e. The van der Waals surface area contributed by atoms with Gasteiger partial charge in [-0.1, -0.05) is 18.2 Å². The van der Waals surface area contributed by atoms with Crippen molar-refractivity contribution in [3.63, 3.8) is 0 Å². The number of nitrogens with one attached hydrogen (secondary N) is 2.